The second-order valence-corrected chi connectivity index (χ2v) is 5.77. The Kier molecular flexibility index (Phi) is 4.01. The van der Waals surface area contributed by atoms with Crippen LogP contribution in [0.15, 0.2) is 40.8 Å². The maximum Gasteiger partial charge on any atom is 0.291 e. The number of nitrogens with one attached hydrogen (secondary N) is 1. The fourth-order valence-electron chi connectivity index (χ4n) is 2.45. The Hall–Kier alpha value is -2.46. The molecule has 23 heavy (non-hydrogen) atoms. The first-order valence-corrected chi connectivity index (χ1v) is 7.52. The number of benzene rings is 2. The molecule has 2 aromatic carbocycles. The summed E-state index contributed by atoms with van der Waals surface area (Å²) in [6.45, 7) is 3.76. The Bertz CT molecular complexity index is 899. The molecule has 118 valence electrons. The SMILES string of the molecule is COc1ccc2oc(C(=O)Nc3cc(Cl)ccc3C)c(C)c2c1. The fraction of sp³-hybridized carbons (Fsp3) is 0.167. The van der Waals surface area contributed by atoms with Gasteiger partial charge in [0.15, 0.2) is 5.76 Å². The van der Waals surface area contributed by atoms with Crippen LogP contribution < -0.4 is 10.1 Å². The lowest BCUT2D eigenvalue weighted by Crippen LogP contribution is -2.13. The fourth-order valence-corrected chi connectivity index (χ4v) is 2.62. The van der Waals surface area contributed by atoms with Crippen molar-refractivity contribution in [2.24, 2.45) is 0 Å². The molecule has 0 bridgehead atoms. The lowest BCUT2D eigenvalue weighted by Gasteiger charge is -2.07. The first-order chi connectivity index (χ1) is 11.0. The molecule has 0 radical (unpaired) electrons. The highest BCUT2D eigenvalue weighted by molar-refractivity contribution is 6.31. The molecule has 0 atom stereocenters. The second kappa shape index (κ2) is 5.97. The number of ether oxygens (including phenoxy) is 1. The molecular weight excluding hydrogens is 314 g/mol. The van der Waals surface area contributed by atoms with E-state index in [0.29, 0.717) is 16.3 Å². The summed E-state index contributed by atoms with van der Waals surface area (Å²) < 4.78 is 10.9. The number of anilines is 1. The van der Waals surface area contributed by atoms with Crippen LogP contribution in [0, 0.1) is 13.8 Å². The Morgan fingerprint density at radius 1 is 1.17 bits per heavy atom. The van der Waals surface area contributed by atoms with E-state index in [1.807, 2.05) is 26.0 Å². The molecule has 0 unspecified atom stereocenters. The first kappa shape index (κ1) is 15.4. The van der Waals surface area contributed by atoms with Crippen molar-refractivity contribution in [3.05, 3.63) is 58.3 Å². The third kappa shape index (κ3) is 2.90. The molecular formula is C18H16ClNO3. The van der Waals surface area contributed by atoms with Gasteiger partial charge >= 0.3 is 0 Å². The van der Waals surface area contributed by atoms with E-state index in [1.54, 1.807) is 31.4 Å². The molecule has 0 aliphatic rings. The van der Waals surface area contributed by atoms with Gasteiger partial charge in [-0.15, -0.1) is 0 Å². The number of hydrogen-bond acceptors (Lipinski definition) is 3. The van der Waals surface area contributed by atoms with Gasteiger partial charge in [0.1, 0.15) is 11.3 Å². The van der Waals surface area contributed by atoms with Crippen molar-refractivity contribution in [2.75, 3.05) is 12.4 Å². The number of rotatable bonds is 3. The van der Waals surface area contributed by atoms with Crippen molar-refractivity contribution in [2.45, 2.75) is 13.8 Å². The van der Waals surface area contributed by atoms with Crippen LogP contribution in [-0.2, 0) is 0 Å². The van der Waals surface area contributed by atoms with E-state index >= 15 is 0 Å². The minimum Gasteiger partial charge on any atom is -0.497 e. The van der Waals surface area contributed by atoms with E-state index in [4.69, 9.17) is 20.8 Å². The summed E-state index contributed by atoms with van der Waals surface area (Å²) >= 11 is 5.99. The number of amides is 1. The maximum absolute atomic E-state index is 12.5. The Labute approximate surface area is 139 Å². The monoisotopic (exact) mass is 329 g/mol. The molecule has 3 aromatic rings. The van der Waals surface area contributed by atoms with Crippen molar-refractivity contribution >= 4 is 34.2 Å². The predicted octanol–water partition coefficient (Wildman–Crippen LogP) is 4.96. The van der Waals surface area contributed by atoms with Crippen molar-refractivity contribution in [3.8, 4) is 5.75 Å². The molecule has 1 N–H and O–H groups in total. The van der Waals surface area contributed by atoms with Gasteiger partial charge in [0, 0.05) is 21.7 Å². The lowest BCUT2D eigenvalue weighted by atomic mass is 10.1. The van der Waals surface area contributed by atoms with Gasteiger partial charge in [-0.3, -0.25) is 4.79 Å². The number of methoxy groups -OCH3 is 1. The molecule has 0 saturated heterocycles. The Morgan fingerprint density at radius 3 is 2.70 bits per heavy atom. The quantitative estimate of drug-likeness (QED) is 0.738. The average Bonchev–Trinajstić information content (AvgIpc) is 2.87. The number of carbonyl (C=O) groups is 1. The normalized spacial score (nSPS) is 10.8. The first-order valence-electron chi connectivity index (χ1n) is 7.14. The minimum atomic E-state index is -0.303. The molecule has 1 amide bonds. The summed E-state index contributed by atoms with van der Waals surface area (Å²) in [4.78, 5) is 12.5. The highest BCUT2D eigenvalue weighted by Gasteiger charge is 2.19. The van der Waals surface area contributed by atoms with Gasteiger partial charge in [0.25, 0.3) is 5.91 Å². The third-order valence-electron chi connectivity index (χ3n) is 3.80. The van der Waals surface area contributed by atoms with Crippen LogP contribution in [0.5, 0.6) is 5.75 Å². The van der Waals surface area contributed by atoms with Crippen LogP contribution in [0.2, 0.25) is 5.02 Å². The zero-order chi connectivity index (χ0) is 16.6. The van der Waals surface area contributed by atoms with Crippen molar-refractivity contribution in [3.63, 3.8) is 0 Å². The summed E-state index contributed by atoms with van der Waals surface area (Å²) in [5.74, 6) is 0.703. The molecule has 0 saturated carbocycles. The number of fused-ring (bicyclic) bond motifs is 1. The number of carbonyl (C=O) groups excluding carboxylic acids is 1. The van der Waals surface area contributed by atoms with E-state index in [0.717, 1.165) is 22.3 Å². The molecule has 0 spiro atoms. The Morgan fingerprint density at radius 2 is 1.96 bits per heavy atom. The van der Waals surface area contributed by atoms with Crippen LogP contribution in [0.1, 0.15) is 21.7 Å². The number of hydrogen-bond donors (Lipinski definition) is 1. The van der Waals surface area contributed by atoms with Gasteiger partial charge in [-0.05, 0) is 49.7 Å². The molecule has 1 aromatic heterocycles. The zero-order valence-electron chi connectivity index (χ0n) is 13.1. The summed E-state index contributed by atoms with van der Waals surface area (Å²) in [6.07, 6.45) is 0. The van der Waals surface area contributed by atoms with Crippen LogP contribution >= 0.6 is 11.6 Å². The predicted molar refractivity (Wildman–Crippen MR) is 91.6 cm³/mol. The molecule has 1 heterocycles. The molecule has 5 heteroatoms. The number of aryl methyl sites for hydroxylation is 2. The van der Waals surface area contributed by atoms with Gasteiger partial charge in [0.2, 0.25) is 0 Å². The van der Waals surface area contributed by atoms with Crippen LogP contribution in [-0.4, -0.2) is 13.0 Å². The topological polar surface area (TPSA) is 51.5 Å². The highest BCUT2D eigenvalue weighted by atomic mass is 35.5. The average molecular weight is 330 g/mol. The Balaban J connectivity index is 1.97. The smallest absolute Gasteiger partial charge is 0.291 e. The lowest BCUT2D eigenvalue weighted by molar-refractivity contribution is 0.0998. The summed E-state index contributed by atoms with van der Waals surface area (Å²) in [5.41, 5.74) is 3.02. The van der Waals surface area contributed by atoms with E-state index in [2.05, 4.69) is 5.32 Å². The number of furan rings is 1. The van der Waals surface area contributed by atoms with Crippen LogP contribution in [0.25, 0.3) is 11.0 Å². The third-order valence-corrected chi connectivity index (χ3v) is 4.03. The summed E-state index contributed by atoms with van der Waals surface area (Å²) in [5, 5.41) is 4.27. The van der Waals surface area contributed by atoms with Crippen molar-refractivity contribution in [1.82, 2.24) is 0 Å². The van der Waals surface area contributed by atoms with Gasteiger partial charge in [-0.25, -0.2) is 0 Å². The van der Waals surface area contributed by atoms with Crippen LogP contribution in [0.3, 0.4) is 0 Å². The van der Waals surface area contributed by atoms with Gasteiger partial charge in [-0.1, -0.05) is 17.7 Å². The molecule has 0 aliphatic heterocycles. The van der Waals surface area contributed by atoms with Crippen molar-refractivity contribution in [1.29, 1.82) is 0 Å². The summed E-state index contributed by atoms with van der Waals surface area (Å²) in [6, 6.07) is 10.8. The van der Waals surface area contributed by atoms with Crippen molar-refractivity contribution < 1.29 is 13.9 Å². The maximum atomic E-state index is 12.5. The molecule has 0 aliphatic carbocycles. The highest BCUT2D eigenvalue weighted by Crippen LogP contribution is 2.29. The molecule has 4 nitrogen and oxygen atoms in total. The van der Waals surface area contributed by atoms with E-state index in [1.165, 1.54) is 0 Å². The van der Waals surface area contributed by atoms with E-state index in [-0.39, 0.29) is 11.7 Å². The van der Waals surface area contributed by atoms with Gasteiger partial charge < -0.3 is 14.5 Å². The minimum absolute atomic E-state index is 0.285. The van der Waals surface area contributed by atoms with E-state index in [9.17, 15) is 4.79 Å². The zero-order valence-corrected chi connectivity index (χ0v) is 13.8. The molecule has 3 rings (SSSR count). The standard InChI is InChI=1S/C18H16ClNO3/c1-10-4-5-12(19)8-15(10)20-18(21)17-11(2)14-9-13(22-3)6-7-16(14)23-17/h4-9H,1-3H3,(H,20,21). The summed E-state index contributed by atoms with van der Waals surface area (Å²) in [7, 11) is 1.60. The number of halogens is 1. The van der Waals surface area contributed by atoms with Gasteiger partial charge in [0.05, 0.1) is 7.11 Å². The molecule has 0 fully saturated rings. The second-order valence-electron chi connectivity index (χ2n) is 5.33. The van der Waals surface area contributed by atoms with Crippen LogP contribution in [0.4, 0.5) is 5.69 Å². The van der Waals surface area contributed by atoms with Gasteiger partial charge in [-0.2, -0.15) is 0 Å². The van der Waals surface area contributed by atoms with E-state index < -0.39 is 0 Å². The largest absolute Gasteiger partial charge is 0.497 e.